The Hall–Kier alpha value is -2.88. The van der Waals surface area contributed by atoms with Gasteiger partial charge in [-0.3, -0.25) is 9.89 Å². The molecule has 0 saturated carbocycles. The van der Waals surface area contributed by atoms with Crippen molar-refractivity contribution >= 4 is 21.9 Å². The van der Waals surface area contributed by atoms with Gasteiger partial charge in [0.15, 0.2) is 5.65 Å². The Labute approximate surface area is 114 Å². The molecule has 0 radical (unpaired) electrons. The SMILES string of the molecule is O=c1c2ccccc2[nH]c2n[nH]c(-c3ccccc3)c12. The number of nitrogens with zero attached hydrogens (tertiary/aromatic N) is 1. The van der Waals surface area contributed by atoms with Gasteiger partial charge in [-0.2, -0.15) is 5.10 Å². The smallest absolute Gasteiger partial charge is 0.201 e. The first-order chi connectivity index (χ1) is 9.84. The van der Waals surface area contributed by atoms with E-state index in [0.29, 0.717) is 16.4 Å². The van der Waals surface area contributed by atoms with Crippen molar-refractivity contribution in [1.29, 1.82) is 0 Å². The molecule has 0 bridgehead atoms. The molecule has 0 saturated heterocycles. The minimum atomic E-state index is 0.00181. The van der Waals surface area contributed by atoms with Crippen molar-refractivity contribution in [1.82, 2.24) is 15.2 Å². The lowest BCUT2D eigenvalue weighted by Crippen LogP contribution is -2.03. The third kappa shape index (κ3) is 1.48. The molecule has 4 rings (SSSR count). The number of benzene rings is 2. The van der Waals surface area contributed by atoms with Crippen molar-refractivity contribution in [3.8, 4) is 11.3 Å². The van der Waals surface area contributed by atoms with Gasteiger partial charge in [0.25, 0.3) is 0 Å². The maximum absolute atomic E-state index is 12.7. The lowest BCUT2D eigenvalue weighted by atomic mass is 10.1. The van der Waals surface area contributed by atoms with Crippen molar-refractivity contribution in [2.24, 2.45) is 0 Å². The number of pyridine rings is 1. The molecule has 4 heteroatoms. The summed E-state index contributed by atoms with van der Waals surface area (Å²) in [5.41, 5.74) is 3.11. The molecule has 0 aliphatic rings. The zero-order valence-corrected chi connectivity index (χ0v) is 10.6. The highest BCUT2D eigenvalue weighted by Crippen LogP contribution is 2.24. The molecule has 0 unspecified atom stereocenters. The zero-order chi connectivity index (χ0) is 13.5. The second-order valence-corrected chi connectivity index (χ2v) is 4.69. The molecule has 0 fully saturated rings. The van der Waals surface area contributed by atoms with E-state index in [1.54, 1.807) is 0 Å². The van der Waals surface area contributed by atoms with Gasteiger partial charge in [0.2, 0.25) is 5.43 Å². The van der Waals surface area contributed by atoms with Crippen LogP contribution in [0.5, 0.6) is 0 Å². The van der Waals surface area contributed by atoms with Crippen LogP contribution in [0.1, 0.15) is 0 Å². The van der Waals surface area contributed by atoms with Crippen LogP contribution < -0.4 is 5.43 Å². The van der Waals surface area contributed by atoms with Crippen molar-refractivity contribution in [3.05, 3.63) is 64.8 Å². The summed E-state index contributed by atoms with van der Waals surface area (Å²) in [6.45, 7) is 0. The van der Waals surface area contributed by atoms with Crippen LogP contribution in [0.2, 0.25) is 0 Å². The van der Waals surface area contributed by atoms with Crippen molar-refractivity contribution < 1.29 is 0 Å². The van der Waals surface area contributed by atoms with Crippen molar-refractivity contribution in [2.75, 3.05) is 0 Å². The van der Waals surface area contributed by atoms with E-state index in [2.05, 4.69) is 15.2 Å². The highest BCUT2D eigenvalue weighted by atomic mass is 16.1. The van der Waals surface area contributed by atoms with Crippen LogP contribution in [-0.2, 0) is 0 Å². The Morgan fingerprint density at radius 2 is 1.65 bits per heavy atom. The highest BCUT2D eigenvalue weighted by molar-refractivity contribution is 5.98. The molecule has 0 amide bonds. The zero-order valence-electron chi connectivity index (χ0n) is 10.6. The van der Waals surface area contributed by atoms with Crippen molar-refractivity contribution in [2.45, 2.75) is 0 Å². The number of H-pyrrole nitrogens is 2. The van der Waals surface area contributed by atoms with Gasteiger partial charge >= 0.3 is 0 Å². The monoisotopic (exact) mass is 261 g/mol. The molecular formula is C16H11N3O. The van der Waals surface area contributed by atoms with Gasteiger partial charge in [0, 0.05) is 10.9 Å². The van der Waals surface area contributed by atoms with E-state index < -0.39 is 0 Å². The molecule has 20 heavy (non-hydrogen) atoms. The maximum Gasteiger partial charge on any atom is 0.201 e. The molecule has 4 aromatic rings. The Morgan fingerprint density at radius 3 is 2.50 bits per heavy atom. The molecule has 96 valence electrons. The number of hydrogen-bond acceptors (Lipinski definition) is 2. The fourth-order valence-corrected chi connectivity index (χ4v) is 2.52. The summed E-state index contributed by atoms with van der Waals surface area (Å²) in [4.78, 5) is 15.9. The largest absolute Gasteiger partial charge is 0.338 e. The van der Waals surface area contributed by atoms with E-state index in [-0.39, 0.29) is 5.43 Å². The number of nitrogens with one attached hydrogen (secondary N) is 2. The molecule has 2 N–H and O–H groups in total. The third-order valence-electron chi connectivity index (χ3n) is 3.48. The van der Waals surface area contributed by atoms with Crippen LogP contribution in [-0.4, -0.2) is 15.2 Å². The molecule has 0 spiro atoms. The Morgan fingerprint density at radius 1 is 0.900 bits per heavy atom. The van der Waals surface area contributed by atoms with Gasteiger partial charge in [-0.25, -0.2) is 0 Å². The first-order valence-corrected chi connectivity index (χ1v) is 6.39. The minimum Gasteiger partial charge on any atom is -0.338 e. The third-order valence-corrected chi connectivity index (χ3v) is 3.48. The number of hydrogen-bond donors (Lipinski definition) is 2. The highest BCUT2D eigenvalue weighted by Gasteiger charge is 2.13. The second-order valence-electron chi connectivity index (χ2n) is 4.69. The molecule has 2 aromatic carbocycles. The predicted octanol–water partition coefficient (Wildman–Crippen LogP) is 3.07. The topological polar surface area (TPSA) is 61.5 Å². The van der Waals surface area contributed by atoms with Gasteiger partial charge in [-0.05, 0) is 12.1 Å². The molecule has 2 heterocycles. The van der Waals surface area contributed by atoms with E-state index in [4.69, 9.17) is 0 Å². The predicted molar refractivity (Wildman–Crippen MR) is 79.7 cm³/mol. The maximum atomic E-state index is 12.7. The Balaban J connectivity index is 2.16. The minimum absolute atomic E-state index is 0.00181. The van der Waals surface area contributed by atoms with Gasteiger partial charge in [0.05, 0.1) is 16.6 Å². The van der Waals surface area contributed by atoms with E-state index >= 15 is 0 Å². The van der Waals surface area contributed by atoms with E-state index in [1.807, 2.05) is 54.6 Å². The summed E-state index contributed by atoms with van der Waals surface area (Å²) in [6.07, 6.45) is 0. The number of rotatable bonds is 1. The Bertz CT molecular complexity index is 967. The summed E-state index contributed by atoms with van der Waals surface area (Å²) >= 11 is 0. The van der Waals surface area contributed by atoms with Gasteiger partial charge in [-0.15, -0.1) is 0 Å². The standard InChI is InChI=1S/C16H11N3O/c20-15-11-8-4-5-9-12(11)17-16-13(15)14(18-19-16)10-6-2-1-3-7-10/h1-9H,(H2,17,18,19,20). The summed E-state index contributed by atoms with van der Waals surface area (Å²) in [5.74, 6) is 0. The number of fused-ring (bicyclic) bond motifs is 2. The summed E-state index contributed by atoms with van der Waals surface area (Å²) in [5, 5.41) is 8.48. The van der Waals surface area contributed by atoms with Crippen LogP contribution in [0, 0.1) is 0 Å². The number of para-hydroxylation sites is 1. The molecule has 2 aromatic heterocycles. The average molecular weight is 261 g/mol. The van der Waals surface area contributed by atoms with Crippen LogP contribution >= 0.6 is 0 Å². The van der Waals surface area contributed by atoms with E-state index in [1.165, 1.54) is 0 Å². The lowest BCUT2D eigenvalue weighted by molar-refractivity contribution is 1.11. The summed E-state index contributed by atoms with van der Waals surface area (Å²) < 4.78 is 0. The Kier molecular flexibility index (Phi) is 2.23. The lowest BCUT2D eigenvalue weighted by Gasteiger charge is -2.00. The molecule has 0 atom stereocenters. The molecule has 4 nitrogen and oxygen atoms in total. The number of aromatic nitrogens is 3. The molecule has 0 aliphatic carbocycles. The first kappa shape index (κ1) is 11.0. The quantitative estimate of drug-likeness (QED) is 0.553. The van der Waals surface area contributed by atoms with Crippen LogP contribution in [0.15, 0.2) is 59.4 Å². The van der Waals surface area contributed by atoms with Gasteiger partial charge in [-0.1, -0.05) is 42.5 Å². The first-order valence-electron chi connectivity index (χ1n) is 6.39. The molecular weight excluding hydrogens is 250 g/mol. The fraction of sp³-hybridized carbons (Fsp3) is 0. The van der Waals surface area contributed by atoms with E-state index in [0.717, 1.165) is 16.8 Å². The van der Waals surface area contributed by atoms with Crippen LogP contribution in [0.3, 0.4) is 0 Å². The van der Waals surface area contributed by atoms with Crippen LogP contribution in [0.4, 0.5) is 0 Å². The van der Waals surface area contributed by atoms with Crippen molar-refractivity contribution in [3.63, 3.8) is 0 Å². The second kappa shape index (κ2) is 4.06. The van der Waals surface area contributed by atoms with E-state index in [9.17, 15) is 4.79 Å². The summed E-state index contributed by atoms with van der Waals surface area (Å²) in [7, 11) is 0. The molecule has 0 aliphatic heterocycles. The van der Waals surface area contributed by atoms with Crippen LogP contribution in [0.25, 0.3) is 33.2 Å². The summed E-state index contributed by atoms with van der Waals surface area (Å²) in [6, 6.07) is 17.2. The van der Waals surface area contributed by atoms with Gasteiger partial charge < -0.3 is 4.98 Å². The fourth-order valence-electron chi connectivity index (χ4n) is 2.52. The normalized spacial score (nSPS) is 11.2. The number of aromatic amines is 2. The average Bonchev–Trinajstić information content (AvgIpc) is 2.92. The van der Waals surface area contributed by atoms with Gasteiger partial charge in [0.1, 0.15) is 0 Å².